The average Bonchev–Trinajstić information content (AvgIpc) is 3.54. The number of aromatic amines is 1. The summed E-state index contributed by atoms with van der Waals surface area (Å²) < 4.78 is 28.7. The number of carbonyl (C=O) groups excluding carboxylic acids is 2. The first-order valence-electron chi connectivity index (χ1n) is 11.0. The van der Waals surface area contributed by atoms with E-state index in [1.807, 2.05) is 0 Å². The van der Waals surface area contributed by atoms with Gasteiger partial charge in [-0.25, -0.2) is 19.0 Å². The molecule has 1 atom stereocenters. The van der Waals surface area contributed by atoms with Crippen LogP contribution in [0, 0.1) is 12.7 Å². The molecule has 0 aliphatic carbocycles. The van der Waals surface area contributed by atoms with Crippen LogP contribution in [0.2, 0.25) is 5.02 Å². The lowest BCUT2D eigenvalue weighted by atomic mass is 10.0. The number of aromatic nitrogens is 4. The number of benzene rings is 2. The number of nitrogens with one attached hydrogen (secondary N) is 2. The zero-order valence-electron chi connectivity index (χ0n) is 19.7. The van der Waals surface area contributed by atoms with Crippen molar-refractivity contribution in [1.82, 2.24) is 31.1 Å². The van der Waals surface area contributed by atoms with Crippen molar-refractivity contribution < 1.29 is 32.7 Å². The molecule has 0 aliphatic heterocycles. The first-order valence-corrected chi connectivity index (χ1v) is 11.3. The lowest BCUT2D eigenvalue weighted by molar-refractivity contribution is -0.157. The molecular formula is C23H20ClFN6O7. The van der Waals surface area contributed by atoms with Crippen molar-refractivity contribution in [3.05, 3.63) is 86.8 Å². The number of esters is 1. The van der Waals surface area contributed by atoms with E-state index in [1.165, 1.54) is 30.1 Å². The summed E-state index contributed by atoms with van der Waals surface area (Å²) in [6.07, 6.45) is -1.71. The fraction of sp³-hybridized carbons (Fsp3) is 0.217. The summed E-state index contributed by atoms with van der Waals surface area (Å²) in [5.74, 6) is -3.34. The van der Waals surface area contributed by atoms with Gasteiger partial charge in [0, 0.05) is 17.1 Å². The van der Waals surface area contributed by atoms with Crippen molar-refractivity contribution in [2.24, 2.45) is 0 Å². The van der Waals surface area contributed by atoms with E-state index in [9.17, 15) is 23.9 Å². The second-order valence-electron chi connectivity index (χ2n) is 7.93. The van der Waals surface area contributed by atoms with E-state index in [-0.39, 0.29) is 23.9 Å². The van der Waals surface area contributed by atoms with Crippen LogP contribution in [-0.2, 0) is 22.7 Å². The molecular weight excluding hydrogens is 527 g/mol. The predicted octanol–water partition coefficient (Wildman–Crippen LogP) is 1.77. The van der Waals surface area contributed by atoms with Crippen molar-refractivity contribution >= 4 is 23.5 Å². The number of carbonyl (C=O) groups is 2. The first-order chi connectivity index (χ1) is 18.2. The third kappa shape index (κ3) is 6.67. The Kier molecular flexibility index (Phi) is 8.25. The fourth-order valence-electron chi connectivity index (χ4n) is 3.35. The van der Waals surface area contributed by atoms with Crippen molar-refractivity contribution in [3.8, 4) is 11.1 Å². The smallest absolute Gasteiger partial charge is 0.455 e. The van der Waals surface area contributed by atoms with E-state index in [2.05, 4.69) is 30.5 Å². The second kappa shape index (κ2) is 11.8. The molecule has 0 saturated heterocycles. The number of hydrazine groups is 1. The maximum atomic E-state index is 14.2. The van der Waals surface area contributed by atoms with Gasteiger partial charge < -0.3 is 18.7 Å². The number of aliphatic hydroxyl groups is 1. The van der Waals surface area contributed by atoms with Gasteiger partial charge in [-0.1, -0.05) is 35.9 Å². The second-order valence-corrected chi connectivity index (χ2v) is 8.37. The van der Waals surface area contributed by atoms with Gasteiger partial charge >= 0.3 is 17.7 Å². The Balaban J connectivity index is 1.45. The highest BCUT2D eigenvalue weighted by atomic mass is 35.5. The normalized spacial score (nSPS) is 11.9. The van der Waals surface area contributed by atoms with Gasteiger partial charge in [0.2, 0.25) is 0 Å². The zero-order valence-corrected chi connectivity index (χ0v) is 20.4. The number of hydrogen-bond acceptors (Lipinski definition) is 11. The van der Waals surface area contributed by atoms with E-state index in [0.717, 1.165) is 0 Å². The van der Waals surface area contributed by atoms with Crippen LogP contribution in [0.25, 0.3) is 11.1 Å². The highest BCUT2D eigenvalue weighted by Gasteiger charge is 2.24. The lowest BCUT2D eigenvalue weighted by Gasteiger charge is -2.24. The number of nitrogens with zero attached hydrogens (tertiary/aromatic N) is 4. The molecule has 0 bridgehead atoms. The number of H-pyrrole nitrogens is 1. The summed E-state index contributed by atoms with van der Waals surface area (Å²) in [7, 11) is 0. The summed E-state index contributed by atoms with van der Waals surface area (Å²) in [6.45, 7) is 0.624. The van der Waals surface area contributed by atoms with Crippen molar-refractivity contribution in [1.29, 1.82) is 0 Å². The van der Waals surface area contributed by atoms with Gasteiger partial charge in [0.25, 0.3) is 5.82 Å². The topological polar surface area (TPSA) is 177 Å². The van der Waals surface area contributed by atoms with E-state index in [1.54, 1.807) is 24.3 Å². The van der Waals surface area contributed by atoms with Crippen LogP contribution in [0.1, 0.15) is 27.7 Å². The quantitative estimate of drug-likeness (QED) is 0.195. The maximum absolute atomic E-state index is 14.2. The molecule has 3 N–H and O–H groups in total. The van der Waals surface area contributed by atoms with E-state index < -0.39 is 42.8 Å². The number of amides is 1. The van der Waals surface area contributed by atoms with Gasteiger partial charge in [0.05, 0.1) is 6.54 Å². The van der Waals surface area contributed by atoms with Gasteiger partial charge in [-0.15, -0.1) is 10.2 Å². The lowest BCUT2D eigenvalue weighted by Crippen LogP contribution is -2.47. The molecule has 0 fully saturated rings. The van der Waals surface area contributed by atoms with Crippen molar-refractivity contribution in [2.75, 3.05) is 6.54 Å². The van der Waals surface area contributed by atoms with E-state index in [0.29, 0.717) is 21.7 Å². The molecule has 2 aromatic carbocycles. The third-order valence-corrected chi connectivity index (χ3v) is 5.46. The largest absolute Gasteiger partial charge is 0.519 e. The summed E-state index contributed by atoms with van der Waals surface area (Å²) >= 11 is 5.98. The minimum atomic E-state index is -1.71. The number of tetrazole rings is 1. The number of ether oxygens (including phenoxy) is 1. The van der Waals surface area contributed by atoms with Crippen LogP contribution >= 0.6 is 11.6 Å². The standard InChI is InChI=1S/C23H20ClFN6O7/c1-12-19(38-23(35)37-12)11-36-22(34)18(32)10-31(28-21(33)20-26-29-30-27-20)9-13-2-4-14(5-3-13)16-8-15(24)6-7-17(16)25/h2-8,18,32H,9-11H2,1H3,(H,28,33)(H,26,27,29,30)/t18-/m1/s1. The zero-order chi connectivity index (χ0) is 27.2. The van der Waals surface area contributed by atoms with E-state index in [4.69, 9.17) is 20.8 Å². The van der Waals surface area contributed by atoms with Crippen LogP contribution < -0.4 is 11.2 Å². The van der Waals surface area contributed by atoms with Gasteiger partial charge in [0.15, 0.2) is 24.2 Å². The number of aryl methyl sites for hydroxylation is 1. The Morgan fingerprint density at radius 2 is 2.00 bits per heavy atom. The molecule has 4 rings (SSSR count). The Morgan fingerprint density at radius 1 is 1.24 bits per heavy atom. The Bertz CT molecular complexity index is 1470. The summed E-state index contributed by atoms with van der Waals surface area (Å²) in [5.41, 5.74) is 4.02. The van der Waals surface area contributed by atoms with Gasteiger partial charge in [-0.3, -0.25) is 10.2 Å². The van der Waals surface area contributed by atoms with Crippen LogP contribution in [0.5, 0.6) is 0 Å². The molecule has 2 heterocycles. The Hall–Kier alpha value is -4.40. The van der Waals surface area contributed by atoms with Crippen LogP contribution in [-0.4, -0.2) is 55.3 Å². The SMILES string of the molecule is Cc1oc(=O)oc1COC(=O)[C@H](O)CN(Cc1ccc(-c2cc(Cl)ccc2F)cc1)NC(=O)c1nn[nH]n1. The van der Waals surface area contributed by atoms with Crippen LogP contribution in [0.3, 0.4) is 0 Å². The monoisotopic (exact) mass is 546 g/mol. The predicted molar refractivity (Wildman–Crippen MR) is 127 cm³/mol. The fourth-order valence-corrected chi connectivity index (χ4v) is 3.52. The molecule has 1 amide bonds. The highest BCUT2D eigenvalue weighted by molar-refractivity contribution is 6.30. The van der Waals surface area contributed by atoms with Gasteiger partial charge in [0.1, 0.15) is 5.82 Å². The molecule has 2 aromatic heterocycles. The molecule has 198 valence electrons. The Labute approximate surface area is 218 Å². The average molecular weight is 547 g/mol. The molecule has 0 spiro atoms. The number of hydrogen-bond donors (Lipinski definition) is 3. The number of aliphatic hydroxyl groups excluding tert-OH is 1. The molecule has 0 aliphatic rings. The number of rotatable bonds is 10. The molecule has 38 heavy (non-hydrogen) atoms. The number of halogens is 2. The summed E-state index contributed by atoms with van der Waals surface area (Å²) in [4.78, 5) is 36.0. The molecule has 15 heteroatoms. The molecule has 0 saturated carbocycles. The van der Waals surface area contributed by atoms with Crippen LogP contribution in [0.4, 0.5) is 4.39 Å². The summed E-state index contributed by atoms with van der Waals surface area (Å²) in [5, 5.41) is 24.7. The highest BCUT2D eigenvalue weighted by Crippen LogP contribution is 2.26. The van der Waals surface area contributed by atoms with Gasteiger partial charge in [-0.05, 0) is 41.5 Å². The Morgan fingerprint density at radius 3 is 2.66 bits per heavy atom. The molecule has 0 unspecified atom stereocenters. The first kappa shape index (κ1) is 26.7. The maximum Gasteiger partial charge on any atom is 0.519 e. The van der Waals surface area contributed by atoms with Crippen molar-refractivity contribution in [3.63, 3.8) is 0 Å². The van der Waals surface area contributed by atoms with Crippen LogP contribution in [0.15, 0.2) is 56.1 Å². The minimum Gasteiger partial charge on any atom is -0.455 e. The molecule has 4 aromatic rings. The molecule has 0 radical (unpaired) electrons. The van der Waals surface area contributed by atoms with Gasteiger partial charge in [-0.2, -0.15) is 5.21 Å². The summed E-state index contributed by atoms with van der Waals surface area (Å²) in [6, 6.07) is 10.9. The van der Waals surface area contributed by atoms with Crippen molar-refractivity contribution in [2.45, 2.75) is 26.2 Å². The van der Waals surface area contributed by atoms with E-state index >= 15 is 0 Å². The third-order valence-electron chi connectivity index (χ3n) is 5.22. The molecule has 13 nitrogen and oxygen atoms in total. The minimum absolute atomic E-state index is 0.00551.